The Kier molecular flexibility index (Phi) is 4.62. The van der Waals surface area contributed by atoms with Gasteiger partial charge in [-0.15, -0.1) is 11.3 Å². The van der Waals surface area contributed by atoms with Crippen molar-refractivity contribution in [2.45, 2.75) is 39.7 Å². The first kappa shape index (κ1) is 13.6. The summed E-state index contributed by atoms with van der Waals surface area (Å²) in [7, 11) is 0. The average molecular weight is 256 g/mol. The first-order valence-electron chi connectivity index (χ1n) is 5.37. The van der Waals surface area contributed by atoms with E-state index in [-0.39, 0.29) is 18.4 Å². The Morgan fingerprint density at radius 2 is 2.12 bits per heavy atom. The number of amides is 1. The average Bonchev–Trinajstić information content (AvgIpc) is 2.55. The Balaban J connectivity index is 2.54. The summed E-state index contributed by atoms with van der Waals surface area (Å²) in [5.41, 5.74) is 0.718. The number of hydrogen-bond acceptors (Lipinski definition) is 4. The van der Waals surface area contributed by atoms with Crippen molar-refractivity contribution in [3.05, 3.63) is 15.6 Å². The van der Waals surface area contributed by atoms with E-state index in [4.69, 9.17) is 5.11 Å². The number of aliphatic carboxylic acids is 1. The highest BCUT2D eigenvalue weighted by molar-refractivity contribution is 7.13. The fourth-order valence-corrected chi connectivity index (χ4v) is 2.27. The van der Waals surface area contributed by atoms with Gasteiger partial charge in [0.1, 0.15) is 4.88 Å². The number of carboxylic acid groups (broad SMARTS) is 1. The monoisotopic (exact) mass is 256 g/mol. The van der Waals surface area contributed by atoms with E-state index in [1.807, 2.05) is 6.92 Å². The number of hydrogen-bond donors (Lipinski definition) is 2. The van der Waals surface area contributed by atoms with Crippen molar-refractivity contribution >= 4 is 23.2 Å². The highest BCUT2D eigenvalue weighted by Crippen LogP contribution is 2.17. The molecule has 0 aliphatic carbocycles. The van der Waals surface area contributed by atoms with Crippen LogP contribution in [0.25, 0.3) is 0 Å². The van der Waals surface area contributed by atoms with Gasteiger partial charge in [0.05, 0.1) is 10.7 Å². The van der Waals surface area contributed by atoms with Crippen LogP contribution in [0.3, 0.4) is 0 Å². The molecule has 0 fully saturated rings. The van der Waals surface area contributed by atoms with Crippen LogP contribution in [-0.4, -0.2) is 28.0 Å². The molecule has 1 aromatic rings. The van der Waals surface area contributed by atoms with Gasteiger partial charge in [0, 0.05) is 12.5 Å². The lowest BCUT2D eigenvalue weighted by Crippen LogP contribution is -2.32. The summed E-state index contributed by atoms with van der Waals surface area (Å²) < 4.78 is 0. The van der Waals surface area contributed by atoms with Crippen molar-refractivity contribution in [1.82, 2.24) is 10.3 Å². The molecule has 0 spiro atoms. The zero-order valence-electron chi connectivity index (χ0n) is 10.1. The van der Waals surface area contributed by atoms with Gasteiger partial charge in [-0.1, -0.05) is 0 Å². The zero-order chi connectivity index (χ0) is 13.0. The van der Waals surface area contributed by atoms with Crippen LogP contribution in [0, 0.1) is 13.8 Å². The van der Waals surface area contributed by atoms with Gasteiger partial charge < -0.3 is 10.4 Å². The number of carbonyl (C=O) groups excluding carboxylic acids is 1. The first-order chi connectivity index (χ1) is 7.90. The second-order valence-electron chi connectivity index (χ2n) is 3.95. The van der Waals surface area contributed by atoms with Crippen LogP contribution in [0.15, 0.2) is 0 Å². The number of rotatable bonds is 5. The SMILES string of the molecule is Cc1nc(C)c(C(=O)NC(C)CCC(=O)O)s1. The quantitative estimate of drug-likeness (QED) is 0.841. The molecule has 0 aromatic carbocycles. The Labute approximate surface area is 104 Å². The van der Waals surface area contributed by atoms with E-state index in [0.717, 1.165) is 10.7 Å². The summed E-state index contributed by atoms with van der Waals surface area (Å²) in [4.78, 5) is 27.0. The Bertz CT molecular complexity index is 428. The van der Waals surface area contributed by atoms with Gasteiger partial charge in [-0.05, 0) is 27.2 Å². The summed E-state index contributed by atoms with van der Waals surface area (Å²) in [5, 5.41) is 12.2. The molecule has 5 nitrogen and oxygen atoms in total. The van der Waals surface area contributed by atoms with Crippen LogP contribution < -0.4 is 5.32 Å². The normalized spacial score (nSPS) is 12.2. The summed E-state index contributed by atoms with van der Waals surface area (Å²) >= 11 is 1.35. The van der Waals surface area contributed by atoms with Crippen molar-refractivity contribution in [2.24, 2.45) is 0 Å². The number of nitrogens with one attached hydrogen (secondary N) is 1. The van der Waals surface area contributed by atoms with Crippen molar-refractivity contribution in [3.8, 4) is 0 Å². The van der Waals surface area contributed by atoms with Crippen molar-refractivity contribution in [1.29, 1.82) is 0 Å². The second kappa shape index (κ2) is 5.77. The number of aryl methyl sites for hydroxylation is 2. The molecule has 1 amide bonds. The van der Waals surface area contributed by atoms with Crippen LogP contribution in [0.5, 0.6) is 0 Å². The fourth-order valence-electron chi connectivity index (χ4n) is 1.44. The Morgan fingerprint density at radius 3 is 2.59 bits per heavy atom. The smallest absolute Gasteiger partial charge is 0.303 e. The van der Waals surface area contributed by atoms with Gasteiger partial charge in [-0.3, -0.25) is 9.59 Å². The molecule has 1 atom stereocenters. The van der Waals surface area contributed by atoms with E-state index in [1.54, 1.807) is 13.8 Å². The van der Waals surface area contributed by atoms with Crippen LogP contribution in [0.2, 0.25) is 0 Å². The van der Waals surface area contributed by atoms with Crippen LogP contribution in [-0.2, 0) is 4.79 Å². The van der Waals surface area contributed by atoms with Crippen LogP contribution in [0.4, 0.5) is 0 Å². The maximum absolute atomic E-state index is 11.8. The highest BCUT2D eigenvalue weighted by Gasteiger charge is 2.16. The molecule has 94 valence electrons. The molecule has 0 bridgehead atoms. The number of aromatic nitrogens is 1. The van der Waals surface area contributed by atoms with E-state index in [1.165, 1.54) is 11.3 Å². The zero-order valence-corrected chi connectivity index (χ0v) is 10.9. The summed E-state index contributed by atoms with van der Waals surface area (Å²) in [6.45, 7) is 5.44. The maximum Gasteiger partial charge on any atom is 0.303 e. The van der Waals surface area contributed by atoms with Crippen molar-refractivity contribution in [2.75, 3.05) is 0 Å². The lowest BCUT2D eigenvalue weighted by atomic mass is 10.2. The minimum atomic E-state index is -0.851. The van der Waals surface area contributed by atoms with Gasteiger partial charge in [-0.25, -0.2) is 4.98 Å². The topological polar surface area (TPSA) is 79.3 Å². The molecule has 1 rings (SSSR count). The predicted octanol–water partition coefficient (Wildman–Crippen LogP) is 1.74. The maximum atomic E-state index is 11.8. The Hall–Kier alpha value is -1.43. The number of carboxylic acids is 1. The number of carbonyl (C=O) groups is 2. The second-order valence-corrected chi connectivity index (χ2v) is 5.16. The van der Waals surface area contributed by atoms with Crippen LogP contribution in [0.1, 0.15) is 40.1 Å². The molecule has 0 radical (unpaired) electrons. The van der Waals surface area contributed by atoms with Gasteiger partial charge in [0.15, 0.2) is 0 Å². The minimum absolute atomic E-state index is 0.0577. The molecule has 2 N–H and O–H groups in total. The largest absolute Gasteiger partial charge is 0.481 e. The highest BCUT2D eigenvalue weighted by atomic mass is 32.1. The van der Waals surface area contributed by atoms with Crippen molar-refractivity contribution in [3.63, 3.8) is 0 Å². The van der Waals surface area contributed by atoms with E-state index in [9.17, 15) is 9.59 Å². The molecule has 0 aliphatic heterocycles. The molecule has 0 saturated carbocycles. The van der Waals surface area contributed by atoms with Gasteiger partial charge in [0.25, 0.3) is 5.91 Å². The molecule has 1 unspecified atom stereocenters. The lowest BCUT2D eigenvalue weighted by molar-refractivity contribution is -0.137. The van der Waals surface area contributed by atoms with E-state index in [0.29, 0.717) is 11.3 Å². The third kappa shape index (κ3) is 4.14. The minimum Gasteiger partial charge on any atom is -0.481 e. The lowest BCUT2D eigenvalue weighted by Gasteiger charge is -2.11. The van der Waals surface area contributed by atoms with Crippen LogP contribution >= 0.6 is 11.3 Å². The molecular weight excluding hydrogens is 240 g/mol. The number of thiazole rings is 1. The molecular formula is C11H16N2O3S. The molecule has 1 aromatic heterocycles. The predicted molar refractivity (Wildman–Crippen MR) is 65.4 cm³/mol. The molecule has 0 saturated heterocycles. The van der Waals surface area contributed by atoms with Gasteiger partial charge in [0.2, 0.25) is 0 Å². The summed E-state index contributed by atoms with van der Waals surface area (Å²) in [6, 6.07) is -0.152. The van der Waals surface area contributed by atoms with E-state index < -0.39 is 5.97 Å². The summed E-state index contributed by atoms with van der Waals surface area (Å²) in [5.74, 6) is -1.03. The first-order valence-corrected chi connectivity index (χ1v) is 6.18. The summed E-state index contributed by atoms with van der Waals surface area (Å²) in [6.07, 6.45) is 0.486. The number of nitrogens with zero attached hydrogens (tertiary/aromatic N) is 1. The van der Waals surface area contributed by atoms with Gasteiger partial charge >= 0.3 is 5.97 Å². The van der Waals surface area contributed by atoms with Gasteiger partial charge in [-0.2, -0.15) is 0 Å². The standard InChI is InChI=1S/C11H16N2O3S/c1-6(4-5-9(14)15)12-11(16)10-7(2)13-8(3)17-10/h6H,4-5H2,1-3H3,(H,12,16)(H,14,15). The fraction of sp³-hybridized carbons (Fsp3) is 0.545. The molecule has 17 heavy (non-hydrogen) atoms. The third-order valence-electron chi connectivity index (χ3n) is 2.28. The van der Waals surface area contributed by atoms with E-state index >= 15 is 0 Å². The van der Waals surface area contributed by atoms with E-state index in [2.05, 4.69) is 10.3 Å². The van der Waals surface area contributed by atoms with Crippen molar-refractivity contribution < 1.29 is 14.7 Å². The molecule has 0 aliphatic rings. The molecule has 6 heteroatoms. The Morgan fingerprint density at radius 1 is 1.47 bits per heavy atom. The third-order valence-corrected chi connectivity index (χ3v) is 3.35. The molecule has 1 heterocycles.